The topological polar surface area (TPSA) is 119 Å². The number of aromatic hydroxyl groups is 2. The highest BCUT2D eigenvalue weighted by Crippen LogP contribution is 2.53. The van der Waals surface area contributed by atoms with Gasteiger partial charge in [-0.3, -0.25) is 24.6 Å². The van der Waals surface area contributed by atoms with Gasteiger partial charge in [0.25, 0.3) is 0 Å². The van der Waals surface area contributed by atoms with E-state index >= 15 is 0 Å². The first kappa shape index (κ1) is 23.2. The summed E-state index contributed by atoms with van der Waals surface area (Å²) >= 11 is 0. The molecule has 3 aromatic carbocycles. The number of nitrogens with one attached hydrogen (secondary N) is 2. The first-order chi connectivity index (χ1) is 17.8. The van der Waals surface area contributed by atoms with Crippen LogP contribution in [0.1, 0.15) is 29.2 Å². The van der Waals surface area contributed by atoms with Crippen LogP contribution in [0, 0.1) is 11.8 Å². The number of fused-ring (bicyclic) bond motifs is 4. The number of carbonyl (C=O) groups is 3. The van der Waals surface area contributed by atoms with Gasteiger partial charge in [0, 0.05) is 17.3 Å². The molecule has 2 saturated heterocycles. The molecule has 0 aliphatic carbocycles. The van der Waals surface area contributed by atoms with Crippen molar-refractivity contribution < 1.29 is 24.6 Å². The fourth-order valence-corrected chi connectivity index (χ4v) is 6.18. The lowest BCUT2D eigenvalue weighted by Crippen LogP contribution is -2.53. The molecule has 188 valence electrons. The number of carbonyl (C=O) groups excluding carboxylic acids is 3. The summed E-state index contributed by atoms with van der Waals surface area (Å²) in [7, 11) is 0. The molecule has 37 heavy (non-hydrogen) atoms. The van der Waals surface area contributed by atoms with Gasteiger partial charge >= 0.3 is 0 Å². The molecule has 3 amide bonds. The van der Waals surface area contributed by atoms with Crippen molar-refractivity contribution in [2.24, 2.45) is 11.8 Å². The molecule has 8 heteroatoms. The number of aryl methyl sites for hydroxylation is 1. The molecule has 3 aliphatic heterocycles. The van der Waals surface area contributed by atoms with Gasteiger partial charge in [-0.2, -0.15) is 0 Å². The predicted molar refractivity (Wildman–Crippen MR) is 136 cm³/mol. The molecule has 0 radical (unpaired) electrons. The highest BCUT2D eigenvalue weighted by atomic mass is 16.3. The van der Waals surface area contributed by atoms with Crippen LogP contribution in [0.15, 0.2) is 66.7 Å². The maximum absolute atomic E-state index is 14.0. The quantitative estimate of drug-likeness (QED) is 0.318. The average Bonchev–Trinajstić information content (AvgIpc) is 3.47. The highest BCUT2D eigenvalue weighted by Gasteiger charge is 2.70. The third-order valence-corrected chi connectivity index (χ3v) is 7.96. The van der Waals surface area contributed by atoms with Gasteiger partial charge in [-0.25, -0.2) is 0 Å². The smallest absolute Gasteiger partial charge is 0.250 e. The number of phenolic OH excluding ortho intramolecular Hbond substituents is 2. The molecule has 3 heterocycles. The minimum atomic E-state index is -1.38. The number of anilines is 1. The Bertz CT molecular complexity index is 1440. The number of hydrogen-bond donors (Lipinski definition) is 4. The molecule has 6 rings (SSSR count). The molecule has 2 fully saturated rings. The number of phenols is 2. The molecular formula is C29H27N3O5. The Morgan fingerprint density at radius 1 is 0.865 bits per heavy atom. The van der Waals surface area contributed by atoms with E-state index in [-0.39, 0.29) is 42.2 Å². The molecule has 3 aromatic rings. The van der Waals surface area contributed by atoms with Crippen molar-refractivity contribution in [2.75, 3.05) is 5.32 Å². The predicted octanol–water partition coefficient (Wildman–Crippen LogP) is 2.82. The largest absolute Gasteiger partial charge is 0.504 e. The summed E-state index contributed by atoms with van der Waals surface area (Å²) in [6, 6.07) is 19.0. The molecule has 4 atom stereocenters. The van der Waals surface area contributed by atoms with Crippen LogP contribution < -0.4 is 10.6 Å². The van der Waals surface area contributed by atoms with Gasteiger partial charge in [-0.1, -0.05) is 55.5 Å². The summed E-state index contributed by atoms with van der Waals surface area (Å²) in [6.07, 6.45) is 1.04. The number of likely N-dealkylation sites (tertiary alicyclic amines) is 1. The van der Waals surface area contributed by atoms with Crippen LogP contribution in [0.5, 0.6) is 11.5 Å². The number of rotatable bonds is 5. The molecule has 3 aliphatic rings. The third-order valence-electron chi connectivity index (χ3n) is 7.96. The molecule has 0 bridgehead atoms. The van der Waals surface area contributed by atoms with Crippen LogP contribution in [0.4, 0.5) is 5.69 Å². The normalized spacial score (nSPS) is 26.0. The number of imide groups is 1. The lowest BCUT2D eigenvalue weighted by Gasteiger charge is -2.30. The van der Waals surface area contributed by atoms with E-state index in [1.54, 1.807) is 6.07 Å². The van der Waals surface area contributed by atoms with Gasteiger partial charge in [-0.15, -0.1) is 0 Å². The van der Waals surface area contributed by atoms with Crippen molar-refractivity contribution in [3.8, 4) is 11.5 Å². The monoisotopic (exact) mass is 497 g/mol. The van der Waals surface area contributed by atoms with E-state index in [0.717, 1.165) is 17.5 Å². The van der Waals surface area contributed by atoms with Crippen LogP contribution in [0.3, 0.4) is 0 Å². The van der Waals surface area contributed by atoms with Crippen LogP contribution in [-0.4, -0.2) is 38.9 Å². The van der Waals surface area contributed by atoms with Crippen LogP contribution in [-0.2, 0) is 39.3 Å². The molecule has 0 aromatic heterocycles. The molecule has 0 unspecified atom stereocenters. The first-order valence-corrected chi connectivity index (χ1v) is 12.5. The SMILES string of the molecule is CCc1ccc2c(c1)[C@]1(N[C@@H](Cc3ccc(O)c(O)c3)[C@H]3C(=O)N(Cc4ccccc4)C(=O)[C@H]31)C(=O)N2. The molecule has 4 N–H and O–H groups in total. The molecule has 1 spiro atoms. The molecule has 0 saturated carbocycles. The van der Waals surface area contributed by atoms with Crippen molar-refractivity contribution >= 4 is 23.4 Å². The lowest BCUT2D eigenvalue weighted by molar-refractivity contribution is -0.143. The van der Waals surface area contributed by atoms with Gasteiger partial charge in [0.05, 0.1) is 18.4 Å². The third kappa shape index (κ3) is 3.43. The second-order valence-corrected chi connectivity index (χ2v) is 10.0. The summed E-state index contributed by atoms with van der Waals surface area (Å²) in [4.78, 5) is 42.8. The van der Waals surface area contributed by atoms with E-state index in [4.69, 9.17) is 0 Å². The van der Waals surface area contributed by atoms with E-state index in [0.29, 0.717) is 16.8 Å². The van der Waals surface area contributed by atoms with E-state index in [1.807, 2.05) is 55.5 Å². The van der Waals surface area contributed by atoms with Crippen molar-refractivity contribution in [3.05, 3.63) is 89.0 Å². The Morgan fingerprint density at radius 2 is 1.62 bits per heavy atom. The summed E-state index contributed by atoms with van der Waals surface area (Å²) in [5.74, 6) is -3.21. The number of benzene rings is 3. The second-order valence-electron chi connectivity index (χ2n) is 10.0. The summed E-state index contributed by atoms with van der Waals surface area (Å²) < 4.78 is 0. The van der Waals surface area contributed by atoms with E-state index in [2.05, 4.69) is 10.6 Å². The minimum absolute atomic E-state index is 0.137. The average molecular weight is 498 g/mol. The van der Waals surface area contributed by atoms with Crippen molar-refractivity contribution in [1.82, 2.24) is 10.2 Å². The second kappa shape index (κ2) is 8.45. The van der Waals surface area contributed by atoms with Crippen molar-refractivity contribution in [1.29, 1.82) is 0 Å². The zero-order valence-corrected chi connectivity index (χ0v) is 20.3. The summed E-state index contributed by atoms with van der Waals surface area (Å²) in [6.45, 7) is 2.16. The van der Waals surface area contributed by atoms with Gasteiger partial charge in [-0.05, 0) is 47.7 Å². The standard InChI is InChI=1S/C29H27N3O5/c1-2-16-8-10-20-19(12-16)29(28(37)30-20)25-24(21(31-29)13-18-9-11-22(33)23(34)14-18)26(35)32(27(25)36)15-17-6-4-3-5-7-17/h3-12,14,21,24-25,31,33-34H,2,13,15H2,1H3,(H,30,37)/t21-,24+,25-,29+/m0/s1. The van der Waals surface area contributed by atoms with Gasteiger partial charge in [0.15, 0.2) is 11.5 Å². The zero-order chi connectivity index (χ0) is 25.9. The highest BCUT2D eigenvalue weighted by molar-refractivity contribution is 6.15. The van der Waals surface area contributed by atoms with Crippen molar-refractivity contribution in [3.63, 3.8) is 0 Å². The Labute approximate surface area is 213 Å². The van der Waals surface area contributed by atoms with Gasteiger partial charge < -0.3 is 15.5 Å². The fourth-order valence-electron chi connectivity index (χ4n) is 6.18. The van der Waals surface area contributed by atoms with E-state index < -0.39 is 23.4 Å². The fraction of sp³-hybridized carbons (Fsp3) is 0.276. The maximum Gasteiger partial charge on any atom is 0.250 e. The Morgan fingerprint density at radius 3 is 2.35 bits per heavy atom. The van der Waals surface area contributed by atoms with Crippen LogP contribution in [0.2, 0.25) is 0 Å². The number of hydrogen-bond acceptors (Lipinski definition) is 6. The minimum Gasteiger partial charge on any atom is -0.504 e. The van der Waals surface area contributed by atoms with Gasteiger partial charge in [0.1, 0.15) is 5.54 Å². The van der Waals surface area contributed by atoms with E-state index in [9.17, 15) is 24.6 Å². The first-order valence-electron chi connectivity index (χ1n) is 12.5. The van der Waals surface area contributed by atoms with Gasteiger partial charge in [0.2, 0.25) is 17.7 Å². The molecule has 8 nitrogen and oxygen atoms in total. The maximum atomic E-state index is 14.0. The lowest BCUT2D eigenvalue weighted by atomic mass is 9.76. The van der Waals surface area contributed by atoms with Crippen molar-refractivity contribution in [2.45, 2.75) is 37.9 Å². The summed E-state index contributed by atoms with van der Waals surface area (Å²) in [5, 5.41) is 26.1. The number of nitrogens with zero attached hydrogens (tertiary/aromatic N) is 1. The Hall–Kier alpha value is -4.17. The summed E-state index contributed by atoms with van der Waals surface area (Å²) in [5.41, 5.74) is 2.47. The van der Waals surface area contributed by atoms with Crippen LogP contribution >= 0.6 is 0 Å². The van der Waals surface area contributed by atoms with E-state index in [1.165, 1.54) is 17.0 Å². The Kier molecular flexibility index (Phi) is 5.31. The van der Waals surface area contributed by atoms with Crippen LogP contribution in [0.25, 0.3) is 0 Å². The Balaban J connectivity index is 1.46. The zero-order valence-electron chi connectivity index (χ0n) is 20.3. The molecular weight excluding hydrogens is 470 g/mol. The number of amides is 3.